The molecule has 0 fully saturated rings. The summed E-state index contributed by atoms with van der Waals surface area (Å²) in [6.07, 6.45) is 1.41. The summed E-state index contributed by atoms with van der Waals surface area (Å²) < 4.78 is 5.49. The molecule has 0 aromatic heterocycles. The van der Waals surface area contributed by atoms with Gasteiger partial charge in [-0.05, 0) is 32.6 Å². The number of hydrogen-bond donors (Lipinski definition) is 0. The highest BCUT2D eigenvalue weighted by molar-refractivity contribution is 6.70. The largest absolute Gasteiger partial charge is 0.873 e. The molecule has 0 heterocycles. The maximum atomic E-state index is 10.5. The van der Waals surface area contributed by atoms with Crippen LogP contribution in [0.1, 0.15) is 6.92 Å². The van der Waals surface area contributed by atoms with Gasteiger partial charge >= 0.3 is 0 Å². The van der Waals surface area contributed by atoms with E-state index in [4.69, 9.17) is 4.43 Å². The van der Waals surface area contributed by atoms with Gasteiger partial charge in [-0.1, -0.05) is 0 Å². The van der Waals surface area contributed by atoms with Crippen LogP contribution in [0.2, 0.25) is 19.6 Å². The molecule has 0 atom stereocenters. The molecule has 0 bridgehead atoms. The molecule has 64 valence electrons. The second kappa shape index (κ2) is 3.62. The summed E-state index contributed by atoms with van der Waals surface area (Å²) in [4.78, 5) is 0. The third-order valence-electron chi connectivity index (χ3n) is 0.831. The molecule has 0 saturated carbocycles. The molecule has 0 aliphatic rings. The van der Waals surface area contributed by atoms with Crippen LogP contribution in [0.25, 0.3) is 0 Å². The molecule has 0 aliphatic carbocycles. The summed E-state index contributed by atoms with van der Waals surface area (Å²) in [5, 5.41) is 10.5. The molecule has 0 saturated heterocycles. The van der Waals surface area contributed by atoms with Crippen LogP contribution in [-0.2, 0) is 4.43 Å². The Kier molecular flexibility index (Phi) is 3.39. The average molecular weight is 171 g/mol. The summed E-state index contributed by atoms with van der Waals surface area (Å²) in [6, 6.07) is 0. The summed E-state index contributed by atoms with van der Waals surface area (Å²) in [5.74, 6) is 0.463. The van der Waals surface area contributed by atoms with E-state index in [-0.39, 0.29) is 5.76 Å². The Hall–Kier alpha value is -0.703. The van der Waals surface area contributed by atoms with Crippen molar-refractivity contribution in [2.45, 2.75) is 26.6 Å². The molecule has 2 nitrogen and oxygen atoms in total. The van der Waals surface area contributed by atoms with Crippen molar-refractivity contribution in [2.24, 2.45) is 0 Å². The zero-order chi connectivity index (χ0) is 9.07. The molecule has 0 aromatic rings. The second-order valence-electron chi connectivity index (χ2n) is 3.44. The molecule has 0 rings (SSSR count). The van der Waals surface area contributed by atoms with Crippen molar-refractivity contribution < 1.29 is 9.53 Å². The fraction of sp³-hybridized carbons (Fsp3) is 0.500. The van der Waals surface area contributed by atoms with Crippen molar-refractivity contribution in [2.75, 3.05) is 0 Å². The van der Waals surface area contributed by atoms with Crippen LogP contribution in [-0.4, -0.2) is 8.32 Å². The zero-order valence-corrected chi connectivity index (χ0v) is 8.60. The van der Waals surface area contributed by atoms with Crippen molar-refractivity contribution in [1.82, 2.24) is 0 Å². The van der Waals surface area contributed by atoms with Crippen molar-refractivity contribution in [1.29, 1.82) is 0 Å². The van der Waals surface area contributed by atoms with E-state index in [2.05, 4.69) is 26.2 Å². The highest BCUT2D eigenvalue weighted by atomic mass is 28.4. The lowest BCUT2D eigenvalue weighted by Crippen LogP contribution is -2.24. The molecule has 0 aliphatic heterocycles. The van der Waals surface area contributed by atoms with Crippen LogP contribution in [0, 0.1) is 0 Å². The summed E-state index contributed by atoms with van der Waals surface area (Å²) in [6.45, 7) is 11.2. The third kappa shape index (κ3) is 7.19. The van der Waals surface area contributed by atoms with Crippen molar-refractivity contribution >= 4 is 8.32 Å². The monoisotopic (exact) mass is 171 g/mol. The molecule has 0 amide bonds. The van der Waals surface area contributed by atoms with Crippen molar-refractivity contribution in [3.8, 4) is 0 Å². The van der Waals surface area contributed by atoms with E-state index >= 15 is 0 Å². The van der Waals surface area contributed by atoms with Gasteiger partial charge in [-0.3, -0.25) is 0 Å². The minimum atomic E-state index is -1.54. The van der Waals surface area contributed by atoms with Gasteiger partial charge in [0.25, 0.3) is 0 Å². The van der Waals surface area contributed by atoms with E-state index in [9.17, 15) is 5.11 Å². The molecule has 0 unspecified atom stereocenters. The maximum absolute atomic E-state index is 10.5. The highest BCUT2D eigenvalue weighted by Gasteiger charge is 2.15. The van der Waals surface area contributed by atoms with E-state index in [1.807, 2.05) is 0 Å². The van der Waals surface area contributed by atoms with Crippen LogP contribution in [0.4, 0.5) is 0 Å². The summed E-state index contributed by atoms with van der Waals surface area (Å²) >= 11 is 0. The molecular formula is C8H15O2Si-. The smallest absolute Gasteiger partial charge is 0.241 e. The third-order valence-corrected chi connectivity index (χ3v) is 1.77. The average Bonchev–Trinajstić information content (AvgIpc) is 1.53. The van der Waals surface area contributed by atoms with Crippen LogP contribution in [0.15, 0.2) is 24.2 Å². The van der Waals surface area contributed by atoms with Gasteiger partial charge in [0.1, 0.15) is 0 Å². The molecule has 11 heavy (non-hydrogen) atoms. The Bertz CT molecular complexity index is 177. The van der Waals surface area contributed by atoms with Crippen molar-refractivity contribution in [3.05, 3.63) is 24.2 Å². The van der Waals surface area contributed by atoms with Gasteiger partial charge in [-0.25, -0.2) is 0 Å². The van der Waals surface area contributed by atoms with Crippen LogP contribution in [0.3, 0.4) is 0 Å². The zero-order valence-electron chi connectivity index (χ0n) is 7.60. The fourth-order valence-corrected chi connectivity index (χ4v) is 1.76. The van der Waals surface area contributed by atoms with Crippen molar-refractivity contribution in [3.63, 3.8) is 0 Å². The normalized spacial score (nSPS) is 12.9. The van der Waals surface area contributed by atoms with Gasteiger partial charge in [-0.15, -0.1) is 12.3 Å². The van der Waals surface area contributed by atoms with E-state index in [0.29, 0.717) is 5.76 Å². The van der Waals surface area contributed by atoms with E-state index in [1.165, 1.54) is 6.08 Å². The first-order chi connectivity index (χ1) is 4.81. The molecule has 3 heteroatoms. The van der Waals surface area contributed by atoms with Crippen LogP contribution in [0.5, 0.6) is 0 Å². The molecule has 0 spiro atoms. The van der Waals surface area contributed by atoms with E-state index in [1.54, 1.807) is 6.92 Å². The topological polar surface area (TPSA) is 32.3 Å². The lowest BCUT2D eigenvalue weighted by Gasteiger charge is -2.20. The Morgan fingerprint density at radius 3 is 2.18 bits per heavy atom. The van der Waals surface area contributed by atoms with E-state index in [0.717, 1.165) is 0 Å². The number of hydrogen-bond acceptors (Lipinski definition) is 2. The first kappa shape index (κ1) is 10.3. The number of rotatable bonds is 3. The van der Waals surface area contributed by atoms with Gasteiger partial charge < -0.3 is 9.53 Å². The van der Waals surface area contributed by atoms with Gasteiger partial charge in [0, 0.05) is 0 Å². The molecule has 0 radical (unpaired) electrons. The Labute approximate surface area is 69.3 Å². The summed E-state index contributed by atoms with van der Waals surface area (Å²) in [5.41, 5.74) is 0. The SMILES string of the molecule is C=C([O-])/C=C(/C)O[Si](C)(C)C. The van der Waals surface area contributed by atoms with Gasteiger partial charge in [0.05, 0.1) is 5.76 Å². The predicted octanol–water partition coefficient (Wildman–Crippen LogP) is 1.62. The van der Waals surface area contributed by atoms with Crippen LogP contribution >= 0.6 is 0 Å². The Morgan fingerprint density at radius 2 is 1.91 bits per heavy atom. The minimum absolute atomic E-state index is 0.208. The molecule has 0 aromatic carbocycles. The van der Waals surface area contributed by atoms with Crippen LogP contribution < -0.4 is 5.11 Å². The maximum Gasteiger partial charge on any atom is 0.241 e. The standard InChI is InChI=1S/C8H16O2Si/c1-7(9)6-8(2)10-11(3,4)5/h6,9H,1H2,2-5H3/p-1/b8-6-. The number of allylic oxidation sites excluding steroid dienone is 2. The van der Waals surface area contributed by atoms with Gasteiger partial charge in [0.2, 0.25) is 8.32 Å². The predicted molar refractivity (Wildman–Crippen MR) is 47.3 cm³/mol. The lowest BCUT2D eigenvalue weighted by atomic mass is 10.4. The Morgan fingerprint density at radius 1 is 1.45 bits per heavy atom. The first-order valence-electron chi connectivity index (χ1n) is 3.54. The van der Waals surface area contributed by atoms with Gasteiger partial charge in [0.15, 0.2) is 0 Å². The second-order valence-corrected chi connectivity index (χ2v) is 7.86. The minimum Gasteiger partial charge on any atom is -0.873 e. The molecule has 0 N–H and O–H groups in total. The fourth-order valence-electron chi connectivity index (χ4n) is 0.739. The molecular weight excluding hydrogens is 156 g/mol. The first-order valence-corrected chi connectivity index (χ1v) is 6.95. The van der Waals surface area contributed by atoms with E-state index < -0.39 is 8.32 Å². The summed E-state index contributed by atoms with van der Waals surface area (Å²) in [7, 11) is -1.54. The highest BCUT2D eigenvalue weighted by Crippen LogP contribution is 2.09. The quantitative estimate of drug-likeness (QED) is 0.367. The Balaban J connectivity index is 4.07. The van der Waals surface area contributed by atoms with Gasteiger partial charge in [-0.2, -0.15) is 0 Å². The lowest BCUT2D eigenvalue weighted by molar-refractivity contribution is -0.294.